The van der Waals surface area contributed by atoms with Crippen molar-refractivity contribution in [3.63, 3.8) is 0 Å². The minimum absolute atomic E-state index is 0.223. The SMILES string of the molecule is CC1(C)COCCN1CCCCCN. The molecule has 1 heterocycles. The van der Waals surface area contributed by atoms with Gasteiger partial charge in [-0.2, -0.15) is 0 Å². The predicted molar refractivity (Wildman–Crippen MR) is 59.4 cm³/mol. The maximum atomic E-state index is 5.48. The zero-order chi connectivity index (χ0) is 10.4. The third-order valence-corrected chi connectivity index (χ3v) is 2.95. The highest BCUT2D eigenvalue weighted by Crippen LogP contribution is 2.19. The van der Waals surface area contributed by atoms with Crippen LogP contribution in [0.2, 0.25) is 0 Å². The zero-order valence-electron chi connectivity index (χ0n) is 9.59. The van der Waals surface area contributed by atoms with E-state index in [0.717, 1.165) is 32.7 Å². The summed E-state index contributed by atoms with van der Waals surface area (Å²) in [6.07, 6.45) is 3.68. The van der Waals surface area contributed by atoms with E-state index in [2.05, 4.69) is 18.7 Å². The van der Waals surface area contributed by atoms with Gasteiger partial charge in [-0.05, 0) is 39.8 Å². The number of morpholine rings is 1. The number of rotatable bonds is 5. The Balaban J connectivity index is 2.20. The summed E-state index contributed by atoms with van der Waals surface area (Å²) in [6.45, 7) is 9.37. The molecule has 0 spiro atoms. The van der Waals surface area contributed by atoms with Gasteiger partial charge in [-0.1, -0.05) is 6.42 Å². The maximum Gasteiger partial charge on any atom is 0.0645 e. The number of nitrogens with zero attached hydrogens (tertiary/aromatic N) is 1. The van der Waals surface area contributed by atoms with Crippen molar-refractivity contribution >= 4 is 0 Å². The van der Waals surface area contributed by atoms with Crippen molar-refractivity contribution < 1.29 is 4.74 Å². The summed E-state index contributed by atoms with van der Waals surface area (Å²) in [5.74, 6) is 0. The molecule has 0 aromatic carbocycles. The normalized spacial score (nSPS) is 22.5. The van der Waals surface area contributed by atoms with Crippen LogP contribution in [0.3, 0.4) is 0 Å². The largest absolute Gasteiger partial charge is 0.378 e. The molecule has 0 atom stereocenters. The Morgan fingerprint density at radius 3 is 2.71 bits per heavy atom. The lowest BCUT2D eigenvalue weighted by molar-refractivity contribution is -0.0513. The van der Waals surface area contributed by atoms with E-state index in [4.69, 9.17) is 10.5 Å². The first kappa shape index (κ1) is 12.0. The number of hydrogen-bond acceptors (Lipinski definition) is 3. The minimum Gasteiger partial charge on any atom is -0.378 e. The quantitative estimate of drug-likeness (QED) is 0.678. The lowest BCUT2D eigenvalue weighted by Crippen LogP contribution is -2.53. The van der Waals surface area contributed by atoms with Crippen LogP contribution in [0.15, 0.2) is 0 Å². The third-order valence-electron chi connectivity index (χ3n) is 2.95. The molecule has 1 rings (SSSR count). The van der Waals surface area contributed by atoms with Crippen molar-refractivity contribution in [2.45, 2.75) is 38.6 Å². The lowest BCUT2D eigenvalue weighted by Gasteiger charge is -2.42. The van der Waals surface area contributed by atoms with E-state index >= 15 is 0 Å². The molecule has 0 saturated carbocycles. The number of ether oxygens (including phenoxy) is 1. The molecule has 0 aliphatic carbocycles. The Morgan fingerprint density at radius 1 is 1.29 bits per heavy atom. The summed E-state index contributed by atoms with van der Waals surface area (Å²) in [5, 5.41) is 0. The molecule has 1 saturated heterocycles. The highest BCUT2D eigenvalue weighted by Gasteiger charge is 2.29. The molecule has 3 nitrogen and oxygen atoms in total. The summed E-state index contributed by atoms with van der Waals surface area (Å²) in [5.41, 5.74) is 5.69. The highest BCUT2D eigenvalue weighted by molar-refractivity contribution is 4.84. The van der Waals surface area contributed by atoms with Crippen LogP contribution in [0.1, 0.15) is 33.1 Å². The van der Waals surface area contributed by atoms with Gasteiger partial charge in [0.15, 0.2) is 0 Å². The third kappa shape index (κ3) is 3.56. The smallest absolute Gasteiger partial charge is 0.0645 e. The van der Waals surface area contributed by atoms with Crippen molar-refractivity contribution in [2.75, 3.05) is 32.8 Å². The molecule has 0 bridgehead atoms. The number of nitrogens with two attached hydrogens (primary N) is 1. The van der Waals surface area contributed by atoms with Gasteiger partial charge in [0.2, 0.25) is 0 Å². The van der Waals surface area contributed by atoms with E-state index in [0.29, 0.717) is 0 Å². The van der Waals surface area contributed by atoms with Gasteiger partial charge >= 0.3 is 0 Å². The first-order chi connectivity index (χ1) is 6.67. The molecule has 0 amide bonds. The van der Waals surface area contributed by atoms with E-state index in [9.17, 15) is 0 Å². The van der Waals surface area contributed by atoms with Crippen molar-refractivity contribution in [2.24, 2.45) is 5.73 Å². The van der Waals surface area contributed by atoms with Gasteiger partial charge in [0.1, 0.15) is 0 Å². The fourth-order valence-electron chi connectivity index (χ4n) is 1.93. The molecule has 1 aliphatic rings. The van der Waals surface area contributed by atoms with Gasteiger partial charge in [0.25, 0.3) is 0 Å². The summed E-state index contributed by atoms with van der Waals surface area (Å²) >= 11 is 0. The maximum absolute atomic E-state index is 5.48. The number of unbranched alkanes of at least 4 members (excludes halogenated alkanes) is 2. The van der Waals surface area contributed by atoms with Gasteiger partial charge < -0.3 is 10.5 Å². The predicted octanol–water partition coefficient (Wildman–Crippen LogP) is 1.23. The Morgan fingerprint density at radius 2 is 2.07 bits per heavy atom. The second-order valence-electron chi connectivity index (χ2n) is 4.70. The van der Waals surface area contributed by atoms with Crippen LogP contribution in [-0.4, -0.2) is 43.3 Å². The Bertz CT molecular complexity index is 159. The molecule has 0 aromatic rings. The van der Waals surface area contributed by atoms with Gasteiger partial charge in [-0.25, -0.2) is 0 Å². The summed E-state index contributed by atoms with van der Waals surface area (Å²) in [6, 6.07) is 0. The van der Waals surface area contributed by atoms with E-state index in [1.807, 2.05) is 0 Å². The van der Waals surface area contributed by atoms with E-state index in [1.165, 1.54) is 19.4 Å². The van der Waals surface area contributed by atoms with Crippen LogP contribution < -0.4 is 5.73 Å². The van der Waals surface area contributed by atoms with Crippen molar-refractivity contribution in [3.8, 4) is 0 Å². The van der Waals surface area contributed by atoms with Gasteiger partial charge in [-0.3, -0.25) is 4.90 Å². The van der Waals surface area contributed by atoms with Gasteiger partial charge in [-0.15, -0.1) is 0 Å². The molecule has 3 heteroatoms. The Kier molecular flexibility index (Phi) is 4.85. The molecular formula is C11H24N2O. The highest BCUT2D eigenvalue weighted by atomic mass is 16.5. The molecule has 0 aromatic heterocycles. The summed E-state index contributed by atoms with van der Waals surface area (Å²) in [4.78, 5) is 2.53. The molecule has 0 radical (unpaired) electrons. The fourth-order valence-corrected chi connectivity index (χ4v) is 1.93. The lowest BCUT2D eigenvalue weighted by atomic mass is 10.0. The van der Waals surface area contributed by atoms with E-state index < -0.39 is 0 Å². The van der Waals surface area contributed by atoms with Crippen LogP contribution in [0.4, 0.5) is 0 Å². The molecule has 1 aliphatic heterocycles. The van der Waals surface area contributed by atoms with E-state index in [-0.39, 0.29) is 5.54 Å². The fraction of sp³-hybridized carbons (Fsp3) is 1.00. The molecule has 2 N–H and O–H groups in total. The first-order valence-corrected chi connectivity index (χ1v) is 5.70. The van der Waals surface area contributed by atoms with Crippen molar-refractivity contribution in [1.82, 2.24) is 4.90 Å². The van der Waals surface area contributed by atoms with Gasteiger partial charge in [0, 0.05) is 12.1 Å². The minimum atomic E-state index is 0.223. The molecular weight excluding hydrogens is 176 g/mol. The Hall–Kier alpha value is -0.120. The monoisotopic (exact) mass is 200 g/mol. The van der Waals surface area contributed by atoms with Crippen LogP contribution in [0.25, 0.3) is 0 Å². The second-order valence-corrected chi connectivity index (χ2v) is 4.70. The van der Waals surface area contributed by atoms with Crippen LogP contribution in [-0.2, 0) is 4.74 Å². The second kappa shape index (κ2) is 5.69. The zero-order valence-corrected chi connectivity index (χ0v) is 9.59. The van der Waals surface area contributed by atoms with Crippen LogP contribution in [0.5, 0.6) is 0 Å². The molecule has 14 heavy (non-hydrogen) atoms. The average molecular weight is 200 g/mol. The summed E-state index contributed by atoms with van der Waals surface area (Å²) < 4.78 is 5.48. The first-order valence-electron chi connectivity index (χ1n) is 5.70. The van der Waals surface area contributed by atoms with Crippen molar-refractivity contribution in [3.05, 3.63) is 0 Å². The molecule has 1 fully saturated rings. The van der Waals surface area contributed by atoms with Crippen molar-refractivity contribution in [1.29, 1.82) is 0 Å². The van der Waals surface area contributed by atoms with Crippen LogP contribution in [0, 0.1) is 0 Å². The molecule has 84 valence electrons. The number of hydrogen-bond donors (Lipinski definition) is 1. The molecule has 0 unspecified atom stereocenters. The van der Waals surface area contributed by atoms with E-state index in [1.54, 1.807) is 0 Å². The van der Waals surface area contributed by atoms with Gasteiger partial charge in [0.05, 0.1) is 13.2 Å². The summed E-state index contributed by atoms with van der Waals surface area (Å²) in [7, 11) is 0. The van der Waals surface area contributed by atoms with Crippen LogP contribution >= 0.6 is 0 Å². The topological polar surface area (TPSA) is 38.5 Å². The standard InChI is InChI=1S/C11H24N2O/c1-11(2)10-14-9-8-13(11)7-5-3-4-6-12/h3-10,12H2,1-2H3. The average Bonchev–Trinajstić information content (AvgIpc) is 2.14. The Labute approximate surface area is 87.6 Å².